The molecule has 0 fully saturated rings. The zero-order valence-electron chi connectivity index (χ0n) is 14.8. The molecule has 4 heteroatoms. The third kappa shape index (κ3) is 3.91. The molecule has 27 heavy (non-hydrogen) atoms. The molecule has 1 heterocycles. The fraction of sp³-hybridized carbons (Fsp3) is 0.0870. The molecule has 4 rings (SSSR count). The van der Waals surface area contributed by atoms with Gasteiger partial charge in [0.2, 0.25) is 0 Å². The number of fused-ring (bicyclic) bond motifs is 1. The SMILES string of the molecule is O=C(NOCc1ccccc1)c1cn(Cc2ccccc2)c2ccccc12. The minimum absolute atomic E-state index is 0.242. The van der Waals surface area contributed by atoms with E-state index in [1.54, 1.807) is 0 Å². The van der Waals surface area contributed by atoms with Crippen LogP contribution in [0.4, 0.5) is 0 Å². The van der Waals surface area contributed by atoms with E-state index < -0.39 is 0 Å². The number of carbonyl (C=O) groups excluding carboxylic acids is 1. The number of nitrogens with zero attached hydrogens (tertiary/aromatic N) is 1. The average molecular weight is 356 g/mol. The summed E-state index contributed by atoms with van der Waals surface area (Å²) in [5.41, 5.74) is 6.38. The van der Waals surface area contributed by atoms with Crippen molar-refractivity contribution in [2.75, 3.05) is 0 Å². The minimum Gasteiger partial charge on any atom is -0.342 e. The van der Waals surface area contributed by atoms with E-state index in [4.69, 9.17) is 4.84 Å². The summed E-state index contributed by atoms with van der Waals surface area (Å²) in [5, 5.41) is 0.911. The van der Waals surface area contributed by atoms with Crippen molar-refractivity contribution in [2.45, 2.75) is 13.2 Å². The molecule has 0 spiro atoms. The largest absolute Gasteiger partial charge is 0.342 e. The maximum Gasteiger partial charge on any atom is 0.277 e. The summed E-state index contributed by atoms with van der Waals surface area (Å²) in [5.74, 6) is -0.242. The van der Waals surface area contributed by atoms with Gasteiger partial charge in [-0.05, 0) is 17.2 Å². The van der Waals surface area contributed by atoms with Crippen LogP contribution in [-0.2, 0) is 18.0 Å². The van der Waals surface area contributed by atoms with E-state index in [0.29, 0.717) is 18.7 Å². The van der Waals surface area contributed by atoms with Crippen LogP contribution in [0, 0.1) is 0 Å². The second-order valence-corrected chi connectivity index (χ2v) is 6.38. The van der Waals surface area contributed by atoms with E-state index in [2.05, 4.69) is 22.2 Å². The summed E-state index contributed by atoms with van der Waals surface area (Å²) in [6, 6.07) is 27.9. The Bertz CT molecular complexity index is 1040. The Hall–Kier alpha value is -3.37. The molecule has 4 nitrogen and oxygen atoms in total. The van der Waals surface area contributed by atoms with Crippen molar-refractivity contribution in [3.05, 3.63) is 108 Å². The summed E-state index contributed by atoms with van der Waals surface area (Å²) in [4.78, 5) is 18.1. The van der Waals surface area contributed by atoms with Crippen molar-refractivity contribution in [3.63, 3.8) is 0 Å². The van der Waals surface area contributed by atoms with Gasteiger partial charge in [-0.2, -0.15) is 0 Å². The number of amides is 1. The van der Waals surface area contributed by atoms with E-state index in [0.717, 1.165) is 16.5 Å². The first-order valence-electron chi connectivity index (χ1n) is 8.89. The second-order valence-electron chi connectivity index (χ2n) is 6.38. The standard InChI is InChI=1S/C23H20N2O2/c26-23(24-27-17-19-11-5-2-6-12-19)21-16-25(15-18-9-3-1-4-10-18)22-14-8-7-13-20(21)22/h1-14,16H,15,17H2,(H,24,26). The molecule has 0 radical (unpaired) electrons. The molecule has 4 aromatic rings. The predicted octanol–water partition coefficient (Wildman–Crippen LogP) is 4.55. The van der Waals surface area contributed by atoms with E-state index in [9.17, 15) is 4.79 Å². The van der Waals surface area contributed by atoms with Crippen LogP contribution in [0.15, 0.2) is 91.1 Å². The van der Waals surface area contributed by atoms with Crippen LogP contribution in [-0.4, -0.2) is 10.5 Å². The smallest absolute Gasteiger partial charge is 0.277 e. The number of benzene rings is 3. The highest BCUT2D eigenvalue weighted by molar-refractivity contribution is 6.06. The van der Waals surface area contributed by atoms with Gasteiger partial charge < -0.3 is 4.57 Å². The zero-order valence-corrected chi connectivity index (χ0v) is 14.8. The predicted molar refractivity (Wildman–Crippen MR) is 106 cm³/mol. The molecule has 1 aromatic heterocycles. The number of hydrogen-bond acceptors (Lipinski definition) is 2. The maximum absolute atomic E-state index is 12.7. The fourth-order valence-corrected chi connectivity index (χ4v) is 3.15. The Morgan fingerprint density at radius 2 is 1.44 bits per heavy atom. The first kappa shape index (κ1) is 17.1. The lowest BCUT2D eigenvalue weighted by molar-refractivity contribution is 0.0235. The van der Waals surface area contributed by atoms with E-state index in [1.807, 2.05) is 79.0 Å². The van der Waals surface area contributed by atoms with Gasteiger partial charge in [-0.25, -0.2) is 5.48 Å². The monoisotopic (exact) mass is 356 g/mol. The molecule has 3 aromatic carbocycles. The summed E-state index contributed by atoms with van der Waals surface area (Å²) in [6.45, 7) is 1.04. The zero-order chi connectivity index (χ0) is 18.5. The fourth-order valence-electron chi connectivity index (χ4n) is 3.15. The summed E-state index contributed by atoms with van der Waals surface area (Å²) < 4.78 is 2.09. The average Bonchev–Trinajstić information content (AvgIpc) is 3.08. The highest BCUT2D eigenvalue weighted by atomic mass is 16.6. The Labute approximate surface area is 158 Å². The Morgan fingerprint density at radius 1 is 0.815 bits per heavy atom. The summed E-state index contributed by atoms with van der Waals surface area (Å²) in [6.07, 6.45) is 1.89. The lowest BCUT2D eigenvalue weighted by atomic mass is 10.2. The lowest BCUT2D eigenvalue weighted by Crippen LogP contribution is -2.23. The Balaban J connectivity index is 1.53. The molecule has 0 aliphatic rings. The van der Waals surface area contributed by atoms with Gasteiger partial charge in [0.1, 0.15) is 0 Å². The van der Waals surface area contributed by atoms with Gasteiger partial charge in [0.05, 0.1) is 12.2 Å². The van der Waals surface area contributed by atoms with Crippen LogP contribution in [0.1, 0.15) is 21.5 Å². The molecule has 0 unspecified atom stereocenters. The Morgan fingerprint density at radius 3 is 2.19 bits per heavy atom. The molecular formula is C23H20N2O2. The highest BCUT2D eigenvalue weighted by Gasteiger charge is 2.15. The molecule has 0 saturated carbocycles. The van der Waals surface area contributed by atoms with Gasteiger partial charge in [0.15, 0.2) is 0 Å². The Kier molecular flexibility index (Phi) is 4.99. The van der Waals surface area contributed by atoms with Crippen molar-refractivity contribution in [2.24, 2.45) is 0 Å². The van der Waals surface area contributed by atoms with Crippen LogP contribution in [0.5, 0.6) is 0 Å². The number of para-hydroxylation sites is 1. The highest BCUT2D eigenvalue weighted by Crippen LogP contribution is 2.22. The van der Waals surface area contributed by atoms with Crippen LogP contribution in [0.2, 0.25) is 0 Å². The van der Waals surface area contributed by atoms with Crippen LogP contribution in [0.25, 0.3) is 10.9 Å². The number of hydroxylamine groups is 1. The van der Waals surface area contributed by atoms with Crippen molar-refractivity contribution in [3.8, 4) is 0 Å². The van der Waals surface area contributed by atoms with Crippen molar-refractivity contribution >= 4 is 16.8 Å². The molecule has 134 valence electrons. The van der Waals surface area contributed by atoms with Crippen molar-refractivity contribution < 1.29 is 9.63 Å². The molecule has 0 saturated heterocycles. The molecule has 0 bridgehead atoms. The first-order valence-corrected chi connectivity index (χ1v) is 8.89. The van der Waals surface area contributed by atoms with Crippen molar-refractivity contribution in [1.82, 2.24) is 10.0 Å². The van der Waals surface area contributed by atoms with Crippen LogP contribution >= 0.6 is 0 Å². The number of hydrogen-bond donors (Lipinski definition) is 1. The molecule has 1 N–H and O–H groups in total. The third-order valence-corrected chi connectivity index (χ3v) is 4.48. The summed E-state index contributed by atoms with van der Waals surface area (Å²) in [7, 11) is 0. The quantitative estimate of drug-likeness (QED) is 0.515. The number of nitrogens with one attached hydrogen (secondary N) is 1. The number of aromatic nitrogens is 1. The van der Waals surface area contributed by atoms with Gasteiger partial charge in [-0.15, -0.1) is 0 Å². The van der Waals surface area contributed by atoms with Gasteiger partial charge in [-0.1, -0.05) is 78.9 Å². The number of rotatable bonds is 6. The van der Waals surface area contributed by atoms with Crippen LogP contribution < -0.4 is 5.48 Å². The van der Waals surface area contributed by atoms with Gasteiger partial charge >= 0.3 is 0 Å². The maximum atomic E-state index is 12.7. The van der Waals surface area contributed by atoms with Gasteiger partial charge in [0.25, 0.3) is 5.91 Å². The van der Waals surface area contributed by atoms with Gasteiger partial charge in [-0.3, -0.25) is 9.63 Å². The van der Waals surface area contributed by atoms with E-state index in [1.165, 1.54) is 5.56 Å². The number of carbonyl (C=O) groups is 1. The molecule has 0 aliphatic heterocycles. The van der Waals surface area contributed by atoms with Gasteiger partial charge in [0, 0.05) is 23.6 Å². The second kappa shape index (κ2) is 7.89. The molecule has 1 amide bonds. The summed E-state index contributed by atoms with van der Waals surface area (Å²) >= 11 is 0. The first-order chi connectivity index (χ1) is 13.3. The van der Waals surface area contributed by atoms with E-state index in [-0.39, 0.29) is 5.91 Å². The van der Waals surface area contributed by atoms with Crippen LogP contribution in [0.3, 0.4) is 0 Å². The normalized spacial score (nSPS) is 10.8. The lowest BCUT2D eigenvalue weighted by Gasteiger charge is -2.05. The minimum atomic E-state index is -0.242. The molecular weight excluding hydrogens is 336 g/mol. The molecule has 0 aliphatic carbocycles. The molecule has 0 atom stereocenters. The van der Waals surface area contributed by atoms with E-state index >= 15 is 0 Å². The third-order valence-electron chi connectivity index (χ3n) is 4.48. The topological polar surface area (TPSA) is 43.3 Å². The van der Waals surface area contributed by atoms with Crippen molar-refractivity contribution in [1.29, 1.82) is 0 Å².